The maximum absolute atomic E-state index is 17.1. The van der Waals surface area contributed by atoms with Crippen LogP contribution < -0.4 is 9.64 Å². The van der Waals surface area contributed by atoms with E-state index in [0.717, 1.165) is 30.2 Å². The number of aromatic nitrogens is 2. The number of aliphatic hydroxyl groups is 1. The molecule has 0 radical (unpaired) electrons. The normalized spacial score (nSPS) is 22.5. The number of anilines is 1. The second-order valence-corrected chi connectivity index (χ2v) is 12.4. The molecule has 0 bridgehead atoms. The van der Waals surface area contributed by atoms with Gasteiger partial charge < -0.3 is 19.8 Å². The van der Waals surface area contributed by atoms with Gasteiger partial charge in [-0.15, -0.1) is 0 Å². The van der Waals surface area contributed by atoms with Crippen LogP contribution in [0.15, 0.2) is 42.5 Å². The highest BCUT2D eigenvalue weighted by molar-refractivity contribution is 6.02. The number of hydrogen-bond acceptors (Lipinski definition) is 8. The Morgan fingerprint density at radius 2 is 1.91 bits per heavy atom. The molecule has 0 saturated carbocycles. The molecule has 8 nitrogen and oxygen atoms in total. The predicted octanol–water partition coefficient (Wildman–Crippen LogP) is 5.67. The summed E-state index contributed by atoms with van der Waals surface area (Å²) in [6, 6.07) is 14.7. The molecule has 228 valence electrons. The molecule has 4 heterocycles. The third-order valence-electron chi connectivity index (χ3n) is 9.59. The van der Waals surface area contributed by atoms with Gasteiger partial charge in [-0.3, -0.25) is 4.90 Å². The maximum atomic E-state index is 17.1. The van der Waals surface area contributed by atoms with E-state index in [0.29, 0.717) is 67.6 Å². The van der Waals surface area contributed by atoms with E-state index in [1.54, 1.807) is 12.1 Å². The Kier molecular flexibility index (Phi) is 7.47. The molecule has 3 aromatic carbocycles. The van der Waals surface area contributed by atoms with E-state index in [2.05, 4.69) is 16.0 Å². The number of hydrogen-bond donors (Lipinski definition) is 2. The summed E-state index contributed by atoms with van der Waals surface area (Å²) in [7, 11) is 0. The fourth-order valence-electron chi connectivity index (χ4n) is 7.46. The van der Waals surface area contributed by atoms with Crippen LogP contribution in [-0.4, -0.2) is 75.7 Å². The monoisotopic (exact) mass is 599 g/mol. The number of rotatable bonds is 7. The fourth-order valence-corrected chi connectivity index (χ4v) is 7.46. The summed E-state index contributed by atoms with van der Waals surface area (Å²) in [5.74, 6) is -0.0641. The molecule has 2 N–H and O–H groups in total. The van der Waals surface area contributed by atoms with E-state index in [4.69, 9.17) is 9.72 Å². The molecule has 44 heavy (non-hydrogen) atoms. The van der Waals surface area contributed by atoms with Crippen molar-refractivity contribution in [3.63, 3.8) is 0 Å². The summed E-state index contributed by atoms with van der Waals surface area (Å²) in [5, 5.41) is 32.3. The zero-order chi connectivity index (χ0) is 30.4. The highest BCUT2D eigenvalue weighted by Crippen LogP contribution is 2.43. The van der Waals surface area contributed by atoms with Crippen molar-refractivity contribution in [2.24, 2.45) is 0 Å². The molecule has 0 spiro atoms. The number of aryl methyl sites for hydroxylation is 1. The van der Waals surface area contributed by atoms with Gasteiger partial charge in [-0.25, -0.2) is 8.78 Å². The molecule has 0 aliphatic carbocycles. The molecule has 10 heteroatoms. The van der Waals surface area contributed by atoms with Gasteiger partial charge in [0.05, 0.1) is 17.7 Å². The molecular weight excluding hydrogens is 564 g/mol. The topological polar surface area (TPSA) is 106 Å². The number of aromatic hydroxyl groups is 1. The van der Waals surface area contributed by atoms with Gasteiger partial charge in [-0.1, -0.05) is 24.3 Å². The molecule has 1 unspecified atom stereocenters. The highest BCUT2D eigenvalue weighted by atomic mass is 19.1. The lowest BCUT2D eigenvalue weighted by Gasteiger charge is -2.32. The zero-order valence-electron chi connectivity index (χ0n) is 24.5. The third-order valence-corrected chi connectivity index (χ3v) is 9.59. The quantitative estimate of drug-likeness (QED) is 0.280. The van der Waals surface area contributed by atoms with Crippen LogP contribution in [0.4, 0.5) is 14.6 Å². The molecule has 1 aromatic heterocycles. The Hall–Kier alpha value is -4.07. The fraction of sp³-hybridized carbons (Fsp3) is 0.441. The van der Waals surface area contributed by atoms with Crippen molar-refractivity contribution in [3.05, 3.63) is 53.8 Å². The van der Waals surface area contributed by atoms with Crippen molar-refractivity contribution in [1.82, 2.24) is 14.9 Å². The van der Waals surface area contributed by atoms with Crippen LogP contribution in [0.3, 0.4) is 0 Å². The van der Waals surface area contributed by atoms with Crippen molar-refractivity contribution in [2.45, 2.75) is 62.8 Å². The summed E-state index contributed by atoms with van der Waals surface area (Å²) >= 11 is 0. The van der Waals surface area contributed by atoms with E-state index in [9.17, 15) is 19.9 Å². The first kappa shape index (κ1) is 28.7. The molecule has 3 aliphatic rings. The minimum absolute atomic E-state index is 0.00630. The number of piperidine rings is 1. The van der Waals surface area contributed by atoms with Gasteiger partial charge in [0.1, 0.15) is 29.9 Å². The summed E-state index contributed by atoms with van der Waals surface area (Å²) in [5.41, 5.74) is 1.06. The van der Waals surface area contributed by atoms with Crippen molar-refractivity contribution in [1.29, 1.82) is 5.26 Å². The van der Waals surface area contributed by atoms with Crippen LogP contribution in [0.1, 0.15) is 44.1 Å². The van der Waals surface area contributed by atoms with Gasteiger partial charge in [0.25, 0.3) is 0 Å². The smallest absolute Gasteiger partial charge is 0.319 e. The number of phenols is 1. The Labute approximate surface area is 254 Å². The number of alkyl halides is 1. The van der Waals surface area contributed by atoms with Gasteiger partial charge in [0.15, 0.2) is 5.82 Å². The van der Waals surface area contributed by atoms with Gasteiger partial charge in [-0.05, 0) is 78.7 Å². The first-order chi connectivity index (χ1) is 21.3. The van der Waals surface area contributed by atoms with E-state index in [1.807, 2.05) is 35.2 Å². The van der Waals surface area contributed by atoms with Crippen molar-refractivity contribution < 1.29 is 23.7 Å². The van der Waals surface area contributed by atoms with Crippen molar-refractivity contribution >= 4 is 27.5 Å². The molecule has 4 aromatic rings. The number of benzene rings is 3. The summed E-state index contributed by atoms with van der Waals surface area (Å²) < 4.78 is 37.7. The Morgan fingerprint density at radius 1 is 1.09 bits per heavy atom. The van der Waals surface area contributed by atoms with Gasteiger partial charge in [0, 0.05) is 43.4 Å². The predicted molar refractivity (Wildman–Crippen MR) is 164 cm³/mol. The Balaban J connectivity index is 1.40. The van der Waals surface area contributed by atoms with Crippen molar-refractivity contribution in [3.8, 4) is 29.0 Å². The van der Waals surface area contributed by atoms with E-state index in [1.165, 1.54) is 0 Å². The van der Waals surface area contributed by atoms with Gasteiger partial charge >= 0.3 is 6.01 Å². The van der Waals surface area contributed by atoms with E-state index >= 15 is 4.39 Å². The minimum atomic E-state index is -0.907. The molecule has 3 fully saturated rings. The highest BCUT2D eigenvalue weighted by Gasteiger charge is 2.49. The number of nitriles is 1. The van der Waals surface area contributed by atoms with Crippen LogP contribution in [0.5, 0.6) is 11.8 Å². The molecule has 2 atom stereocenters. The summed E-state index contributed by atoms with van der Waals surface area (Å²) in [6.07, 6.45) is 2.44. The molecular formula is C34H35F2N5O3. The molecule has 7 rings (SSSR count). The van der Waals surface area contributed by atoms with Crippen LogP contribution >= 0.6 is 0 Å². The first-order valence-corrected chi connectivity index (χ1v) is 15.4. The molecule has 3 saturated heterocycles. The number of halogens is 2. The Bertz CT molecular complexity index is 1770. The van der Waals surface area contributed by atoms with Crippen LogP contribution in [0.2, 0.25) is 0 Å². The Morgan fingerprint density at radius 3 is 2.73 bits per heavy atom. The number of phenolic OH excluding ortho intramolecular Hbond substituents is 1. The SMILES string of the molecule is N#CCCc1cc2c(N3CCC(O)CC3)nc(OC[C@@]34CCCN3CC(F)C4)nc2c(F)c1-c1cc(O)cc2ccccc12. The van der Waals surface area contributed by atoms with E-state index < -0.39 is 23.6 Å². The first-order valence-electron chi connectivity index (χ1n) is 15.4. The number of fused-ring (bicyclic) bond motifs is 3. The molecule has 0 amide bonds. The minimum Gasteiger partial charge on any atom is -0.508 e. The standard InChI is InChI=1S/C34H35F2N5O3/c35-23-18-34(10-4-12-41(34)19-23)20-44-33-38-31-28(32(39-33)40-13-8-24(42)9-14-40)16-22(6-3-11-37)29(30(31)36)27-17-25(43)15-21-5-1-2-7-26(21)27/h1-2,5,7,15-17,23-24,42-43H,3-4,6,8-10,12-14,18-20H2/t23?,34-/m0/s1. The number of aliphatic hydroxyl groups excluding tert-OH is 1. The number of nitrogens with zero attached hydrogens (tertiary/aromatic N) is 5. The van der Waals surface area contributed by atoms with Gasteiger partial charge in [0.2, 0.25) is 0 Å². The van der Waals surface area contributed by atoms with Crippen LogP contribution in [-0.2, 0) is 6.42 Å². The van der Waals surface area contributed by atoms with E-state index in [-0.39, 0.29) is 35.9 Å². The van der Waals surface area contributed by atoms with Crippen LogP contribution in [0.25, 0.3) is 32.8 Å². The number of ether oxygens (including phenoxy) is 1. The van der Waals surface area contributed by atoms with Gasteiger partial charge in [-0.2, -0.15) is 15.2 Å². The largest absolute Gasteiger partial charge is 0.508 e. The zero-order valence-corrected chi connectivity index (χ0v) is 24.5. The summed E-state index contributed by atoms with van der Waals surface area (Å²) in [4.78, 5) is 13.6. The third kappa shape index (κ3) is 5.08. The average molecular weight is 600 g/mol. The average Bonchev–Trinajstić information content (AvgIpc) is 3.54. The maximum Gasteiger partial charge on any atom is 0.319 e. The second kappa shape index (κ2) is 11.5. The van der Waals surface area contributed by atoms with Crippen molar-refractivity contribution in [2.75, 3.05) is 37.7 Å². The van der Waals surface area contributed by atoms with Crippen LogP contribution in [0, 0.1) is 17.1 Å². The lowest BCUT2D eigenvalue weighted by Crippen LogP contribution is -2.43. The summed E-state index contributed by atoms with van der Waals surface area (Å²) in [6.45, 7) is 2.49. The lowest BCUT2D eigenvalue weighted by molar-refractivity contribution is 0.107. The molecule has 3 aliphatic heterocycles. The second-order valence-electron chi connectivity index (χ2n) is 12.4. The lowest BCUT2D eigenvalue weighted by atomic mass is 9.90.